The van der Waals surface area contributed by atoms with Gasteiger partial charge in [-0.3, -0.25) is 4.79 Å². The van der Waals surface area contributed by atoms with Gasteiger partial charge in [0.25, 0.3) is 5.91 Å². The molecule has 0 saturated heterocycles. The number of aromatic nitrogens is 1. The Morgan fingerprint density at radius 1 is 1.40 bits per heavy atom. The van der Waals surface area contributed by atoms with Crippen LogP contribution in [-0.2, 0) is 4.79 Å². The molecule has 0 fully saturated rings. The van der Waals surface area contributed by atoms with Crippen molar-refractivity contribution in [2.45, 2.75) is 26.9 Å². The van der Waals surface area contributed by atoms with Crippen molar-refractivity contribution < 1.29 is 14.1 Å². The molecule has 0 saturated carbocycles. The predicted molar refractivity (Wildman–Crippen MR) is 76.1 cm³/mol. The number of rotatable bonds is 4. The van der Waals surface area contributed by atoms with E-state index in [0.29, 0.717) is 22.4 Å². The lowest BCUT2D eigenvalue weighted by Crippen LogP contribution is -2.30. The average Bonchev–Trinajstić information content (AvgIpc) is 2.78. The lowest BCUT2D eigenvalue weighted by atomic mass is 10.2. The van der Waals surface area contributed by atoms with Gasteiger partial charge >= 0.3 is 0 Å². The highest BCUT2D eigenvalue weighted by molar-refractivity contribution is 6.30. The van der Waals surface area contributed by atoms with Gasteiger partial charge in [0.15, 0.2) is 11.9 Å². The normalized spacial score (nSPS) is 12.0. The smallest absolute Gasteiger partial charge is 0.266 e. The Labute approximate surface area is 121 Å². The molecule has 1 N–H and O–H groups in total. The van der Waals surface area contributed by atoms with Crippen molar-refractivity contribution in [2.75, 3.05) is 5.32 Å². The van der Waals surface area contributed by atoms with Gasteiger partial charge in [0.05, 0.1) is 0 Å². The summed E-state index contributed by atoms with van der Waals surface area (Å²) in [5.41, 5.74) is 0.870. The molecule has 5 nitrogen and oxygen atoms in total. The lowest BCUT2D eigenvalue weighted by Gasteiger charge is -2.15. The number of hydrogen-bond acceptors (Lipinski definition) is 4. The molecule has 2 aromatic rings. The van der Waals surface area contributed by atoms with Crippen LogP contribution in [0.15, 0.2) is 28.8 Å². The first-order valence-electron chi connectivity index (χ1n) is 6.12. The third-order valence-corrected chi connectivity index (χ3v) is 2.92. The minimum Gasteiger partial charge on any atom is -0.481 e. The van der Waals surface area contributed by atoms with E-state index in [1.165, 1.54) is 0 Å². The van der Waals surface area contributed by atoms with Crippen LogP contribution in [0.25, 0.3) is 0 Å². The maximum Gasteiger partial charge on any atom is 0.266 e. The number of benzene rings is 1. The monoisotopic (exact) mass is 294 g/mol. The van der Waals surface area contributed by atoms with Gasteiger partial charge < -0.3 is 14.6 Å². The van der Waals surface area contributed by atoms with Gasteiger partial charge in [-0.1, -0.05) is 16.8 Å². The minimum atomic E-state index is -0.660. The summed E-state index contributed by atoms with van der Waals surface area (Å²) in [5, 5.41) is 6.94. The third-order valence-electron chi connectivity index (χ3n) is 2.69. The Morgan fingerprint density at radius 2 is 2.15 bits per heavy atom. The highest BCUT2D eigenvalue weighted by Gasteiger charge is 2.17. The largest absolute Gasteiger partial charge is 0.481 e. The zero-order valence-corrected chi connectivity index (χ0v) is 12.2. The molecule has 106 valence electrons. The number of halogens is 1. The topological polar surface area (TPSA) is 64.4 Å². The fraction of sp³-hybridized carbons (Fsp3) is 0.286. The van der Waals surface area contributed by atoms with Gasteiger partial charge in [-0.15, -0.1) is 0 Å². The summed E-state index contributed by atoms with van der Waals surface area (Å²) in [6.45, 7) is 5.28. The molecule has 0 aliphatic heterocycles. The van der Waals surface area contributed by atoms with E-state index in [0.717, 1.165) is 5.56 Å². The van der Waals surface area contributed by atoms with Crippen LogP contribution in [0.4, 0.5) is 5.82 Å². The molecule has 1 aromatic heterocycles. The number of nitrogens with one attached hydrogen (secondary N) is 1. The van der Waals surface area contributed by atoms with Crippen molar-refractivity contribution in [2.24, 2.45) is 0 Å². The van der Waals surface area contributed by atoms with Crippen LogP contribution in [0.2, 0.25) is 5.02 Å². The summed E-state index contributed by atoms with van der Waals surface area (Å²) in [4.78, 5) is 12.0. The molecule has 0 unspecified atom stereocenters. The maximum atomic E-state index is 12.0. The van der Waals surface area contributed by atoms with Crippen molar-refractivity contribution in [3.05, 3.63) is 40.6 Å². The molecular weight excluding hydrogens is 280 g/mol. The predicted octanol–water partition coefficient (Wildman–Crippen LogP) is 3.35. The molecule has 6 heteroatoms. The van der Waals surface area contributed by atoms with E-state index in [9.17, 15) is 4.79 Å². The Hall–Kier alpha value is -2.01. The fourth-order valence-electron chi connectivity index (χ4n) is 1.64. The van der Waals surface area contributed by atoms with Gasteiger partial charge in [-0.25, -0.2) is 0 Å². The SMILES string of the molecule is Cc1cc(NC(=O)[C@H](C)Oc2ccc(Cl)cc2C)no1. The minimum absolute atomic E-state index is 0.298. The number of carbonyl (C=O) groups excluding carboxylic acids is 1. The quantitative estimate of drug-likeness (QED) is 0.939. The molecule has 20 heavy (non-hydrogen) atoms. The molecule has 1 amide bonds. The molecule has 2 rings (SSSR count). The van der Waals surface area contributed by atoms with Gasteiger partial charge in [-0.05, 0) is 44.5 Å². The van der Waals surface area contributed by atoms with Gasteiger partial charge in [0.2, 0.25) is 0 Å². The summed E-state index contributed by atoms with van der Waals surface area (Å²) in [5.74, 6) is 1.32. The first-order valence-corrected chi connectivity index (χ1v) is 6.50. The zero-order chi connectivity index (χ0) is 14.7. The lowest BCUT2D eigenvalue weighted by molar-refractivity contribution is -0.122. The van der Waals surface area contributed by atoms with Crippen molar-refractivity contribution >= 4 is 23.3 Å². The molecule has 1 atom stereocenters. The summed E-state index contributed by atoms with van der Waals surface area (Å²) in [6.07, 6.45) is -0.660. The van der Waals surface area contributed by atoms with Crippen molar-refractivity contribution in [3.63, 3.8) is 0 Å². The summed E-state index contributed by atoms with van der Waals surface area (Å²) < 4.78 is 10.5. The van der Waals surface area contributed by atoms with E-state index < -0.39 is 6.10 Å². The number of carbonyl (C=O) groups is 1. The van der Waals surface area contributed by atoms with Crippen LogP contribution < -0.4 is 10.1 Å². The highest BCUT2D eigenvalue weighted by Crippen LogP contribution is 2.23. The van der Waals surface area contributed by atoms with Gasteiger partial charge in [0.1, 0.15) is 11.5 Å². The first-order chi connectivity index (χ1) is 9.45. The molecule has 0 radical (unpaired) electrons. The second-order valence-electron chi connectivity index (χ2n) is 4.48. The van der Waals surface area contributed by atoms with E-state index in [2.05, 4.69) is 10.5 Å². The molecular formula is C14H15ClN2O3. The third kappa shape index (κ3) is 3.51. The van der Waals surface area contributed by atoms with E-state index >= 15 is 0 Å². The zero-order valence-electron chi connectivity index (χ0n) is 11.4. The summed E-state index contributed by atoms with van der Waals surface area (Å²) in [6, 6.07) is 6.87. The van der Waals surface area contributed by atoms with E-state index in [1.807, 2.05) is 6.92 Å². The number of ether oxygens (including phenoxy) is 1. The Morgan fingerprint density at radius 3 is 2.75 bits per heavy atom. The van der Waals surface area contributed by atoms with Crippen molar-refractivity contribution in [1.82, 2.24) is 5.16 Å². The number of anilines is 1. The van der Waals surface area contributed by atoms with Crippen molar-refractivity contribution in [3.8, 4) is 5.75 Å². The Bertz CT molecular complexity index is 625. The van der Waals surface area contributed by atoms with Crippen LogP contribution in [-0.4, -0.2) is 17.2 Å². The van der Waals surface area contributed by atoms with Crippen LogP contribution >= 0.6 is 11.6 Å². The second kappa shape index (κ2) is 5.96. The number of hydrogen-bond donors (Lipinski definition) is 1. The summed E-state index contributed by atoms with van der Waals surface area (Å²) in [7, 11) is 0. The van der Waals surface area contributed by atoms with Crippen LogP contribution in [0, 0.1) is 13.8 Å². The number of nitrogens with zero attached hydrogens (tertiary/aromatic N) is 1. The van der Waals surface area contributed by atoms with Crippen LogP contribution in [0.1, 0.15) is 18.2 Å². The summed E-state index contributed by atoms with van der Waals surface area (Å²) >= 11 is 5.87. The molecule has 0 bridgehead atoms. The Balaban J connectivity index is 2.00. The second-order valence-corrected chi connectivity index (χ2v) is 4.92. The van der Waals surface area contributed by atoms with E-state index in [-0.39, 0.29) is 5.91 Å². The highest BCUT2D eigenvalue weighted by atomic mass is 35.5. The van der Waals surface area contributed by atoms with Crippen LogP contribution in [0.3, 0.4) is 0 Å². The fourth-order valence-corrected chi connectivity index (χ4v) is 1.87. The average molecular weight is 295 g/mol. The van der Waals surface area contributed by atoms with E-state index in [1.54, 1.807) is 38.1 Å². The van der Waals surface area contributed by atoms with Crippen LogP contribution in [0.5, 0.6) is 5.75 Å². The van der Waals surface area contributed by atoms with Gasteiger partial charge in [0, 0.05) is 11.1 Å². The first kappa shape index (κ1) is 14.4. The van der Waals surface area contributed by atoms with Gasteiger partial charge in [-0.2, -0.15) is 0 Å². The van der Waals surface area contributed by atoms with Crippen molar-refractivity contribution in [1.29, 1.82) is 0 Å². The van der Waals surface area contributed by atoms with E-state index in [4.69, 9.17) is 20.9 Å². The standard InChI is InChI=1S/C14H15ClN2O3/c1-8-6-11(15)4-5-12(8)19-10(3)14(18)16-13-7-9(2)20-17-13/h4-7,10H,1-3H3,(H,16,17,18)/t10-/m0/s1. The molecule has 0 aliphatic rings. The Kier molecular flexibility index (Phi) is 4.29. The molecule has 0 aliphatic carbocycles. The number of amides is 1. The molecule has 1 aromatic carbocycles. The molecule has 0 spiro atoms. The maximum absolute atomic E-state index is 12.0. The number of aryl methyl sites for hydroxylation is 2. The molecule has 1 heterocycles.